The predicted octanol–water partition coefficient (Wildman–Crippen LogP) is -0.509. The minimum absolute atomic E-state index is 0.0936. The van der Waals surface area contributed by atoms with E-state index < -0.39 is 10.2 Å². The molecule has 0 fully saturated rings. The second-order valence-corrected chi connectivity index (χ2v) is 5.17. The molecule has 7 nitrogen and oxygen atoms in total. The maximum absolute atomic E-state index is 10.8. The molecule has 2 rings (SSSR count). The lowest BCUT2D eigenvalue weighted by Crippen LogP contribution is -2.41. The molecule has 0 aromatic heterocycles. The monoisotopic (exact) mass is 275 g/mol. The summed E-state index contributed by atoms with van der Waals surface area (Å²) in [5, 5.41) is 4.86. The molecule has 8 heteroatoms. The van der Waals surface area contributed by atoms with Gasteiger partial charge in [0, 0.05) is 0 Å². The highest BCUT2D eigenvalue weighted by Gasteiger charge is 2.29. The lowest BCUT2D eigenvalue weighted by Gasteiger charge is -2.24. The lowest BCUT2D eigenvalue weighted by molar-refractivity contribution is -0.0647. The fourth-order valence-electron chi connectivity index (χ4n) is 1.63. The van der Waals surface area contributed by atoms with Gasteiger partial charge < -0.3 is 14.2 Å². The number of benzene rings is 1. The Labute approximate surface area is 105 Å². The second-order valence-electron chi connectivity index (χ2n) is 3.79. The molecule has 100 valence electrons. The van der Waals surface area contributed by atoms with Gasteiger partial charge in [-0.2, -0.15) is 13.1 Å². The van der Waals surface area contributed by atoms with Crippen molar-refractivity contribution in [1.29, 1.82) is 0 Å². The zero-order valence-corrected chi connectivity index (χ0v) is 10.6. The molecule has 0 bridgehead atoms. The van der Waals surface area contributed by atoms with Crippen molar-refractivity contribution in [2.75, 3.05) is 20.3 Å². The van der Waals surface area contributed by atoms with E-state index in [9.17, 15) is 8.42 Å². The van der Waals surface area contributed by atoms with Crippen LogP contribution < -0.4 is 19.3 Å². The molecule has 1 atom stereocenters. The fourth-order valence-corrected chi connectivity index (χ4v) is 2.06. The molecule has 0 aliphatic carbocycles. The van der Waals surface area contributed by atoms with Gasteiger partial charge in [-0.25, -0.2) is 5.14 Å². The normalized spacial score (nSPS) is 18.4. The number of aliphatic hydroxyl groups is 1. The van der Waals surface area contributed by atoms with Crippen LogP contribution in [0.15, 0.2) is 18.2 Å². The van der Waals surface area contributed by atoms with Gasteiger partial charge in [0.15, 0.2) is 6.61 Å². The summed E-state index contributed by atoms with van der Waals surface area (Å²) in [7, 11) is -2.17. The van der Waals surface area contributed by atoms with Gasteiger partial charge in [-0.1, -0.05) is 6.07 Å². The molecule has 1 aromatic carbocycles. The molecule has 0 saturated carbocycles. The number of ether oxygens (including phenoxy) is 3. The molecule has 0 spiro atoms. The van der Waals surface area contributed by atoms with Gasteiger partial charge in [-0.05, 0) is 12.1 Å². The molecule has 1 aromatic rings. The first-order valence-electron chi connectivity index (χ1n) is 5.27. The van der Waals surface area contributed by atoms with E-state index in [0.717, 1.165) is 0 Å². The number of fused-ring (bicyclic) bond motifs is 1. The predicted molar refractivity (Wildman–Crippen MR) is 65.1 cm³/mol. The van der Waals surface area contributed by atoms with Crippen LogP contribution in [0.5, 0.6) is 17.2 Å². The topological polar surface area (TPSA) is 103 Å². The molecule has 1 aliphatic heterocycles. The van der Waals surface area contributed by atoms with Gasteiger partial charge in [-0.3, -0.25) is 0 Å². The van der Waals surface area contributed by atoms with Crippen LogP contribution in [-0.2, 0) is 10.2 Å². The zero-order valence-electron chi connectivity index (χ0n) is 9.79. The summed E-state index contributed by atoms with van der Waals surface area (Å²) in [5.74, 6) is 1.81. The molecular weight excluding hydrogens is 260 g/mol. The molecule has 18 heavy (non-hydrogen) atoms. The maximum atomic E-state index is 10.8. The average molecular weight is 275 g/mol. The summed E-state index contributed by atoms with van der Waals surface area (Å²) in [6, 6.07) is 5.35. The first-order chi connectivity index (χ1) is 8.49. The van der Waals surface area contributed by atoms with Crippen LogP contribution in [0.3, 0.4) is 0 Å². The van der Waals surface area contributed by atoms with Gasteiger partial charge in [0.2, 0.25) is 17.6 Å². The van der Waals surface area contributed by atoms with Crippen molar-refractivity contribution in [3.63, 3.8) is 0 Å². The van der Waals surface area contributed by atoms with E-state index in [4.69, 9.17) is 14.6 Å². The van der Waals surface area contributed by atoms with E-state index in [2.05, 4.69) is 9.46 Å². The maximum Gasteiger partial charge on any atom is 0.340 e. The highest BCUT2D eigenvalue weighted by molar-refractivity contribution is 7.87. The zero-order chi connectivity index (χ0) is 13.2. The molecule has 0 saturated heterocycles. The largest absolute Gasteiger partial charge is 0.572 e. The Morgan fingerprint density at radius 2 is 2.39 bits per heavy atom. The van der Waals surface area contributed by atoms with Gasteiger partial charge >= 0.3 is 5.75 Å². The third-order valence-electron chi connectivity index (χ3n) is 2.44. The Balaban J connectivity index is 2.09. The minimum atomic E-state index is -3.71. The van der Waals surface area contributed by atoms with E-state index in [-0.39, 0.29) is 12.6 Å². The summed E-state index contributed by atoms with van der Waals surface area (Å²) in [4.78, 5) is 0. The van der Waals surface area contributed by atoms with Crippen molar-refractivity contribution in [3.8, 4) is 17.2 Å². The van der Waals surface area contributed by atoms with Crippen molar-refractivity contribution in [2.24, 2.45) is 5.14 Å². The summed E-state index contributed by atoms with van der Waals surface area (Å²) in [6.45, 7) is 0.388. The first-order valence-corrected chi connectivity index (χ1v) is 6.82. The second kappa shape index (κ2) is 5.01. The fraction of sp³-hybridized carbons (Fsp3) is 0.400. The number of hydrogen-bond donors (Lipinski definition) is 2. The summed E-state index contributed by atoms with van der Waals surface area (Å²) in [6.07, 6.45) is -0.327. The van der Waals surface area contributed by atoms with E-state index in [1.165, 1.54) is 7.11 Å². The molecule has 1 heterocycles. The van der Waals surface area contributed by atoms with Crippen LogP contribution >= 0.6 is 0 Å². The Morgan fingerprint density at radius 1 is 1.61 bits per heavy atom. The summed E-state index contributed by atoms with van der Waals surface area (Å²) >= 11 is 0. The van der Waals surface area contributed by atoms with Crippen molar-refractivity contribution < 1.29 is 22.6 Å². The number of rotatable bonds is 4. The van der Waals surface area contributed by atoms with Crippen LogP contribution in [0.25, 0.3) is 0 Å². The van der Waals surface area contributed by atoms with Crippen LogP contribution in [0, 0.1) is 0 Å². The number of aromatic hydroxyl groups is 1. The number of para-hydroxylation sites is 1. The Kier molecular flexibility index (Phi) is 3.60. The lowest BCUT2D eigenvalue weighted by atomic mass is 10.2. The summed E-state index contributed by atoms with van der Waals surface area (Å²) < 4.78 is 38.8. The van der Waals surface area contributed by atoms with E-state index in [1.54, 1.807) is 18.2 Å². The van der Waals surface area contributed by atoms with Crippen LogP contribution in [0.2, 0.25) is 0 Å². The third-order valence-corrected chi connectivity index (χ3v) is 3.01. The summed E-state index contributed by atoms with van der Waals surface area (Å²) in [5.41, 5.74) is 0. The molecule has 0 amide bonds. The highest BCUT2D eigenvalue weighted by atomic mass is 32.2. The minimum Gasteiger partial charge on any atom is -0.572 e. The van der Waals surface area contributed by atoms with Gasteiger partial charge in [0.05, 0.1) is 13.7 Å². The van der Waals surface area contributed by atoms with Crippen LogP contribution in [0.1, 0.15) is 0 Å². The Morgan fingerprint density at radius 3 is 3.06 bits per heavy atom. The average Bonchev–Trinajstić information content (AvgIpc) is 2.34. The van der Waals surface area contributed by atoms with Gasteiger partial charge in [0.25, 0.3) is 10.2 Å². The van der Waals surface area contributed by atoms with Crippen molar-refractivity contribution >= 4 is 10.2 Å². The smallest absolute Gasteiger partial charge is 0.340 e. The van der Waals surface area contributed by atoms with Crippen molar-refractivity contribution in [3.05, 3.63) is 18.2 Å². The molecule has 1 aliphatic rings. The van der Waals surface area contributed by atoms with E-state index >= 15 is 0 Å². The number of nitrogens with two attached hydrogens (primary N) is 1. The van der Waals surface area contributed by atoms with Gasteiger partial charge in [0.1, 0.15) is 0 Å². The quantitative estimate of drug-likeness (QED) is 0.722. The number of nitrogens with one attached hydrogen (secondary N) is 1. The number of methoxy groups -OCH3 is 1. The van der Waals surface area contributed by atoms with Crippen LogP contribution in [-0.4, -0.2) is 39.5 Å². The Bertz CT molecular complexity index is 517. The highest BCUT2D eigenvalue weighted by Crippen LogP contribution is 2.40. The van der Waals surface area contributed by atoms with Gasteiger partial charge in [-0.15, -0.1) is 0 Å². The molecule has 4 N–H and O–H groups in total. The van der Waals surface area contributed by atoms with Crippen molar-refractivity contribution in [1.82, 2.24) is 4.72 Å². The molecular formula is C10H15N2O5S+. The number of hydrogen-bond acceptors (Lipinski definition) is 4. The Hall–Kier alpha value is -1.51. The standard InChI is InChI=1S/C10H14N2O5S/c1-15-8-3-2-4-9-10(8)17-7(6-16-9)5-12-18(11,13)14/h2-4,7,12H,5-6H2,1H3,(H2,11,13,14)/p+1. The SMILES string of the molecule is COc1cccc2c1[OH+]C(CNS(N)(=O)=O)CO2. The third kappa shape index (κ3) is 3.03. The van der Waals surface area contributed by atoms with E-state index in [1.807, 2.05) is 0 Å². The first kappa shape index (κ1) is 12.9. The van der Waals surface area contributed by atoms with Crippen molar-refractivity contribution in [2.45, 2.75) is 6.10 Å². The molecule has 1 unspecified atom stereocenters. The van der Waals surface area contributed by atoms with E-state index in [0.29, 0.717) is 23.9 Å². The van der Waals surface area contributed by atoms with Crippen LogP contribution in [0.4, 0.5) is 0 Å². The molecule has 0 radical (unpaired) electrons.